The Labute approximate surface area is 221 Å². The monoisotopic (exact) mass is 528 g/mol. The molecule has 1 amide bonds. The maximum Gasteiger partial charge on any atom is 0.255 e. The summed E-state index contributed by atoms with van der Waals surface area (Å²) in [7, 11) is 6.82. The van der Waals surface area contributed by atoms with Crippen molar-refractivity contribution in [2.45, 2.75) is 50.9 Å². The first-order valence-corrected chi connectivity index (χ1v) is 12.6. The number of carbonyl (C=O) groups excluding carboxylic acids is 3. The molecule has 0 aliphatic heterocycles. The minimum Gasteiger partial charge on any atom is -0.508 e. The summed E-state index contributed by atoms with van der Waals surface area (Å²) in [5.74, 6) is -6.55. The van der Waals surface area contributed by atoms with Gasteiger partial charge in [-0.15, -0.1) is 0 Å². The van der Waals surface area contributed by atoms with Crippen LogP contribution >= 0.6 is 0 Å². The lowest BCUT2D eigenvalue weighted by Crippen LogP contribution is -2.65. The minimum absolute atomic E-state index is 0.0516. The molecule has 7 N–H and O–H groups in total. The average Bonchev–Trinajstić information content (AvgIpc) is 2.80. The van der Waals surface area contributed by atoms with Gasteiger partial charge in [-0.1, -0.05) is 13.8 Å². The van der Waals surface area contributed by atoms with Crippen LogP contribution in [0.4, 0.5) is 5.69 Å². The third-order valence-corrected chi connectivity index (χ3v) is 7.96. The van der Waals surface area contributed by atoms with Crippen LogP contribution in [0.15, 0.2) is 23.0 Å². The van der Waals surface area contributed by atoms with Crippen molar-refractivity contribution >= 4 is 28.9 Å². The number of likely N-dealkylation sites (N-methyl/N-ethyl adjacent to an activating group) is 1. The van der Waals surface area contributed by atoms with Gasteiger partial charge in [-0.2, -0.15) is 0 Å². The van der Waals surface area contributed by atoms with E-state index in [-0.39, 0.29) is 35.8 Å². The zero-order chi connectivity index (χ0) is 28.4. The van der Waals surface area contributed by atoms with Gasteiger partial charge >= 0.3 is 0 Å². The van der Waals surface area contributed by atoms with E-state index >= 15 is 0 Å². The maximum atomic E-state index is 14.0. The molecule has 38 heavy (non-hydrogen) atoms. The summed E-state index contributed by atoms with van der Waals surface area (Å²) < 4.78 is 0. The molecule has 1 aromatic rings. The number of aliphatic hydroxyl groups excluding tert-OH is 2. The van der Waals surface area contributed by atoms with Gasteiger partial charge in [0.25, 0.3) is 5.91 Å². The lowest BCUT2D eigenvalue weighted by Gasteiger charge is -2.50. The predicted molar refractivity (Wildman–Crippen MR) is 141 cm³/mol. The third-order valence-electron chi connectivity index (χ3n) is 7.96. The summed E-state index contributed by atoms with van der Waals surface area (Å²) in [5.41, 5.74) is 3.71. The SMILES string of the molecule is CC(C)NCc1cc(N(C)C)c2c(c1O)C(O)=C1C(=O)[C@]3(O)C(O)=C(C(N)=O)C(=O)[C@@H](N(C)C)[C@@H]3C[C@@H]1C2. The van der Waals surface area contributed by atoms with E-state index in [0.717, 1.165) is 5.69 Å². The quantitative estimate of drug-likeness (QED) is 0.286. The van der Waals surface area contributed by atoms with Gasteiger partial charge in [0.2, 0.25) is 5.78 Å². The van der Waals surface area contributed by atoms with Gasteiger partial charge in [0.05, 0.1) is 11.6 Å². The highest BCUT2D eigenvalue weighted by Crippen LogP contribution is 2.54. The van der Waals surface area contributed by atoms with E-state index in [4.69, 9.17) is 5.73 Å². The first-order valence-electron chi connectivity index (χ1n) is 12.6. The van der Waals surface area contributed by atoms with E-state index < -0.39 is 58.0 Å². The molecule has 0 heterocycles. The molecule has 0 saturated heterocycles. The molecule has 4 atom stereocenters. The largest absolute Gasteiger partial charge is 0.508 e. The van der Waals surface area contributed by atoms with Gasteiger partial charge in [0.15, 0.2) is 11.4 Å². The van der Waals surface area contributed by atoms with Crippen molar-refractivity contribution in [3.05, 3.63) is 39.7 Å². The van der Waals surface area contributed by atoms with Crippen LogP contribution in [0.1, 0.15) is 37.0 Å². The highest BCUT2D eigenvalue weighted by molar-refractivity contribution is 6.24. The molecule has 3 aliphatic rings. The number of phenols is 1. The number of primary amides is 1. The number of nitrogens with zero attached hydrogens (tertiary/aromatic N) is 2. The van der Waals surface area contributed by atoms with E-state index in [1.54, 1.807) is 14.1 Å². The summed E-state index contributed by atoms with van der Waals surface area (Å²) >= 11 is 0. The molecule has 206 valence electrons. The molecule has 0 spiro atoms. The molecule has 1 fully saturated rings. The summed E-state index contributed by atoms with van der Waals surface area (Å²) in [5, 5.41) is 48.6. The topological polar surface area (TPSA) is 177 Å². The fourth-order valence-electron chi connectivity index (χ4n) is 6.19. The van der Waals surface area contributed by atoms with Crippen molar-refractivity contribution in [3.8, 4) is 5.75 Å². The van der Waals surface area contributed by atoms with Crippen molar-refractivity contribution < 1.29 is 34.8 Å². The Morgan fingerprint density at radius 3 is 2.34 bits per heavy atom. The van der Waals surface area contributed by atoms with Crippen LogP contribution in [0.25, 0.3) is 5.76 Å². The van der Waals surface area contributed by atoms with Crippen LogP contribution in [-0.4, -0.2) is 88.7 Å². The Hall–Kier alpha value is -3.41. The first kappa shape index (κ1) is 27.6. The molecule has 11 heteroatoms. The Bertz CT molecular complexity index is 1300. The van der Waals surface area contributed by atoms with Crippen molar-refractivity contribution in [1.82, 2.24) is 10.2 Å². The molecule has 3 aliphatic carbocycles. The lowest BCUT2D eigenvalue weighted by molar-refractivity contribution is -0.153. The number of hydrogen-bond acceptors (Lipinski definition) is 10. The molecule has 1 aromatic carbocycles. The fraction of sp³-hybridized carbons (Fsp3) is 0.519. The van der Waals surface area contributed by atoms with E-state index in [2.05, 4.69) is 5.32 Å². The number of aliphatic hydroxyl groups is 3. The number of amides is 1. The number of benzene rings is 1. The normalized spacial score (nSPS) is 27.0. The van der Waals surface area contributed by atoms with Gasteiger partial charge in [-0.05, 0) is 44.5 Å². The number of phenolic OH excluding ortho intramolecular Hbond substituents is 1. The zero-order valence-electron chi connectivity index (χ0n) is 22.5. The fourth-order valence-corrected chi connectivity index (χ4v) is 6.19. The van der Waals surface area contributed by atoms with Gasteiger partial charge in [-0.25, -0.2) is 0 Å². The Morgan fingerprint density at radius 1 is 1.18 bits per heavy atom. The number of nitrogens with two attached hydrogens (primary N) is 1. The Balaban J connectivity index is 1.97. The number of hydrogen-bond donors (Lipinski definition) is 6. The van der Waals surface area contributed by atoms with E-state index in [0.29, 0.717) is 17.7 Å². The summed E-state index contributed by atoms with van der Waals surface area (Å²) in [6, 6.07) is 0.852. The van der Waals surface area contributed by atoms with Gasteiger partial charge in [0.1, 0.15) is 22.8 Å². The number of rotatable bonds is 6. The predicted octanol–water partition coefficient (Wildman–Crippen LogP) is 0.528. The van der Waals surface area contributed by atoms with Gasteiger partial charge in [0, 0.05) is 49.4 Å². The van der Waals surface area contributed by atoms with Crippen molar-refractivity contribution in [2.75, 3.05) is 33.1 Å². The van der Waals surface area contributed by atoms with Gasteiger partial charge < -0.3 is 36.4 Å². The van der Waals surface area contributed by atoms with Crippen LogP contribution in [0.3, 0.4) is 0 Å². The smallest absolute Gasteiger partial charge is 0.255 e. The van der Waals surface area contributed by atoms with Crippen molar-refractivity contribution in [1.29, 1.82) is 0 Å². The molecule has 0 radical (unpaired) electrons. The summed E-state index contributed by atoms with van der Waals surface area (Å²) in [6.45, 7) is 4.22. The van der Waals surface area contributed by atoms with Crippen molar-refractivity contribution in [3.63, 3.8) is 0 Å². The second-order valence-corrected chi connectivity index (χ2v) is 11.1. The Kier molecular flexibility index (Phi) is 6.84. The second-order valence-electron chi connectivity index (χ2n) is 11.1. The molecule has 1 saturated carbocycles. The zero-order valence-corrected chi connectivity index (χ0v) is 22.5. The molecule has 4 rings (SSSR count). The standard InChI is InChI=1S/C27H36N4O7/c1-11(2)29-10-13-9-16(30(3)4)14-7-12-8-15-20(31(5)6)23(34)19(26(28)37)25(36)27(15,38)24(35)17(12)22(33)18(14)21(13)32/h9,11-12,15,20,29,32-33,36,38H,7-8,10H2,1-6H3,(H2,28,37)/t12-,15-,20-,27-/m0/s1. The highest BCUT2D eigenvalue weighted by Gasteiger charge is 2.64. The van der Waals surface area contributed by atoms with Crippen LogP contribution in [-0.2, 0) is 27.3 Å². The molecular weight excluding hydrogens is 492 g/mol. The van der Waals surface area contributed by atoms with Gasteiger partial charge in [-0.3, -0.25) is 19.3 Å². The van der Waals surface area contributed by atoms with Crippen LogP contribution in [0.5, 0.6) is 5.75 Å². The Morgan fingerprint density at radius 2 is 1.82 bits per heavy atom. The number of fused-ring (bicyclic) bond motifs is 3. The number of Topliss-reactive ketones (excluding diaryl/α,β-unsaturated/α-hetero) is 2. The third kappa shape index (κ3) is 3.88. The summed E-state index contributed by atoms with van der Waals surface area (Å²) in [4.78, 5) is 42.6. The number of nitrogens with one attached hydrogen (secondary N) is 1. The van der Waals surface area contributed by atoms with Crippen LogP contribution in [0.2, 0.25) is 0 Å². The van der Waals surface area contributed by atoms with Crippen LogP contribution in [0, 0.1) is 11.8 Å². The van der Waals surface area contributed by atoms with E-state index in [1.807, 2.05) is 38.9 Å². The van der Waals surface area contributed by atoms with Crippen molar-refractivity contribution in [2.24, 2.45) is 17.6 Å². The molecular formula is C27H36N4O7. The summed E-state index contributed by atoms with van der Waals surface area (Å²) in [6.07, 6.45) is 0.295. The average molecular weight is 529 g/mol. The molecule has 11 nitrogen and oxygen atoms in total. The highest BCUT2D eigenvalue weighted by atomic mass is 16.3. The number of aromatic hydroxyl groups is 1. The molecule has 0 bridgehead atoms. The molecule has 0 unspecified atom stereocenters. The number of anilines is 1. The molecule has 0 aromatic heterocycles. The minimum atomic E-state index is -2.65. The second kappa shape index (κ2) is 9.40. The van der Waals surface area contributed by atoms with E-state index in [1.165, 1.54) is 4.90 Å². The number of carbonyl (C=O) groups is 3. The van der Waals surface area contributed by atoms with Crippen LogP contribution < -0.4 is 16.0 Å². The maximum absolute atomic E-state index is 14.0. The van der Waals surface area contributed by atoms with E-state index in [9.17, 15) is 34.8 Å². The number of ketones is 2. The first-order chi connectivity index (χ1) is 17.6. The lowest BCUT2D eigenvalue weighted by atomic mass is 9.57.